The number of rotatable bonds is 3. The molecule has 1 aliphatic heterocycles. The van der Waals surface area contributed by atoms with Gasteiger partial charge in [-0.2, -0.15) is 0 Å². The van der Waals surface area contributed by atoms with Crippen LogP contribution in [-0.4, -0.2) is 30.7 Å². The molecule has 0 aliphatic carbocycles. The fourth-order valence-corrected chi connectivity index (χ4v) is 2.63. The Morgan fingerprint density at radius 3 is 2.89 bits per heavy atom. The van der Waals surface area contributed by atoms with Gasteiger partial charge in [-0.05, 0) is 30.7 Å². The number of ether oxygens (including phenoxy) is 1. The molecule has 4 nitrogen and oxygen atoms in total. The predicted molar refractivity (Wildman–Crippen MR) is 77.9 cm³/mol. The molecule has 0 bridgehead atoms. The molecule has 0 saturated carbocycles. The van der Waals surface area contributed by atoms with Crippen molar-refractivity contribution in [2.24, 2.45) is 0 Å². The highest BCUT2D eigenvalue weighted by Gasteiger charge is 2.22. The number of methoxy groups -OCH3 is 1. The van der Waals surface area contributed by atoms with Crippen molar-refractivity contribution in [3.63, 3.8) is 0 Å². The van der Waals surface area contributed by atoms with Crippen molar-refractivity contribution < 1.29 is 9.53 Å². The minimum Gasteiger partial charge on any atom is -0.497 e. The number of aryl methyl sites for hydroxylation is 1. The minimum absolute atomic E-state index is 0. The van der Waals surface area contributed by atoms with E-state index in [9.17, 15) is 4.79 Å². The highest BCUT2D eigenvalue weighted by Crippen LogP contribution is 2.21. The molecule has 1 amide bonds. The van der Waals surface area contributed by atoms with Gasteiger partial charge < -0.3 is 10.1 Å². The number of hydrogen-bond acceptors (Lipinski definition) is 4. The van der Waals surface area contributed by atoms with E-state index in [0.29, 0.717) is 0 Å². The van der Waals surface area contributed by atoms with E-state index in [0.717, 1.165) is 28.6 Å². The standard InChI is InChI=1S/C12H16N2O2S.ClH/c1-8-5-9(16-2)3-4-10(8)14-12(15)11-6-17-7-13-11;/h3-5,11,13H,6-7H2,1-2H3,(H,14,15);1H. The fraction of sp³-hybridized carbons (Fsp3) is 0.417. The first-order valence-electron chi connectivity index (χ1n) is 5.47. The predicted octanol–water partition coefficient (Wildman–Crippen LogP) is 2.03. The maximum Gasteiger partial charge on any atom is 0.242 e. The molecule has 18 heavy (non-hydrogen) atoms. The van der Waals surface area contributed by atoms with Gasteiger partial charge in [0.25, 0.3) is 0 Å². The van der Waals surface area contributed by atoms with Gasteiger partial charge in [0.1, 0.15) is 5.75 Å². The van der Waals surface area contributed by atoms with Crippen LogP contribution in [0.2, 0.25) is 0 Å². The van der Waals surface area contributed by atoms with Crippen LogP contribution in [0, 0.1) is 6.92 Å². The number of carbonyl (C=O) groups is 1. The number of anilines is 1. The number of thioether (sulfide) groups is 1. The van der Waals surface area contributed by atoms with E-state index in [-0.39, 0.29) is 24.4 Å². The molecule has 1 aromatic carbocycles. The fourth-order valence-electron chi connectivity index (χ4n) is 1.69. The molecule has 1 saturated heterocycles. The Labute approximate surface area is 117 Å². The van der Waals surface area contributed by atoms with Crippen LogP contribution in [0.5, 0.6) is 5.75 Å². The molecular formula is C12H17ClN2O2S. The maximum absolute atomic E-state index is 11.9. The largest absolute Gasteiger partial charge is 0.497 e. The van der Waals surface area contributed by atoms with Gasteiger partial charge in [-0.3, -0.25) is 10.1 Å². The van der Waals surface area contributed by atoms with E-state index in [1.165, 1.54) is 0 Å². The summed E-state index contributed by atoms with van der Waals surface area (Å²) in [6.07, 6.45) is 0. The molecule has 1 heterocycles. The molecule has 2 N–H and O–H groups in total. The summed E-state index contributed by atoms with van der Waals surface area (Å²) in [6, 6.07) is 5.54. The van der Waals surface area contributed by atoms with Crippen molar-refractivity contribution in [2.45, 2.75) is 13.0 Å². The van der Waals surface area contributed by atoms with Crippen LogP contribution in [0.25, 0.3) is 0 Å². The van der Waals surface area contributed by atoms with E-state index in [1.807, 2.05) is 25.1 Å². The molecule has 1 fully saturated rings. The maximum atomic E-state index is 11.9. The van der Waals surface area contributed by atoms with E-state index >= 15 is 0 Å². The van der Waals surface area contributed by atoms with Crippen LogP contribution in [-0.2, 0) is 4.79 Å². The lowest BCUT2D eigenvalue weighted by Crippen LogP contribution is -2.37. The van der Waals surface area contributed by atoms with Gasteiger partial charge in [0.05, 0.1) is 13.2 Å². The van der Waals surface area contributed by atoms with Crippen LogP contribution in [0.1, 0.15) is 5.56 Å². The lowest BCUT2D eigenvalue weighted by atomic mass is 10.2. The number of halogens is 1. The third-order valence-electron chi connectivity index (χ3n) is 2.72. The minimum atomic E-state index is -0.0819. The summed E-state index contributed by atoms with van der Waals surface area (Å²) in [4.78, 5) is 11.9. The van der Waals surface area contributed by atoms with Crippen molar-refractivity contribution in [1.82, 2.24) is 5.32 Å². The Kier molecular flexibility index (Phi) is 5.78. The molecule has 1 atom stereocenters. The van der Waals surface area contributed by atoms with Gasteiger partial charge in [-0.15, -0.1) is 24.2 Å². The molecular weight excluding hydrogens is 272 g/mol. The SMILES string of the molecule is COc1ccc(NC(=O)C2CSCN2)c(C)c1.Cl. The molecule has 100 valence electrons. The normalized spacial score (nSPS) is 18.0. The van der Waals surface area contributed by atoms with Crippen LogP contribution in [0.3, 0.4) is 0 Å². The Bertz CT molecular complexity index is 423. The smallest absolute Gasteiger partial charge is 0.242 e. The van der Waals surface area contributed by atoms with Gasteiger partial charge in [-0.25, -0.2) is 0 Å². The first kappa shape index (κ1) is 15.1. The van der Waals surface area contributed by atoms with E-state index in [4.69, 9.17) is 4.74 Å². The lowest BCUT2D eigenvalue weighted by molar-refractivity contribution is -0.117. The van der Waals surface area contributed by atoms with Crippen LogP contribution in [0.15, 0.2) is 18.2 Å². The van der Waals surface area contributed by atoms with Gasteiger partial charge in [0.2, 0.25) is 5.91 Å². The Morgan fingerprint density at radius 2 is 2.33 bits per heavy atom. The molecule has 1 aliphatic rings. The third-order valence-corrected chi connectivity index (χ3v) is 3.66. The molecule has 0 aromatic heterocycles. The topological polar surface area (TPSA) is 50.4 Å². The number of amides is 1. The van der Waals surface area contributed by atoms with Crippen molar-refractivity contribution in [3.8, 4) is 5.75 Å². The lowest BCUT2D eigenvalue weighted by Gasteiger charge is -2.13. The van der Waals surface area contributed by atoms with Crippen molar-refractivity contribution in [3.05, 3.63) is 23.8 Å². The van der Waals surface area contributed by atoms with Crippen molar-refractivity contribution in [1.29, 1.82) is 0 Å². The first-order chi connectivity index (χ1) is 8.20. The number of benzene rings is 1. The summed E-state index contributed by atoms with van der Waals surface area (Å²) in [5, 5.41) is 6.08. The Hall–Kier alpha value is -0.910. The molecule has 6 heteroatoms. The van der Waals surface area contributed by atoms with Gasteiger partial charge in [-0.1, -0.05) is 0 Å². The van der Waals surface area contributed by atoms with Crippen molar-refractivity contribution >= 4 is 35.8 Å². The second-order valence-electron chi connectivity index (χ2n) is 3.94. The summed E-state index contributed by atoms with van der Waals surface area (Å²) in [5.41, 5.74) is 1.85. The van der Waals surface area contributed by atoms with E-state index in [1.54, 1.807) is 18.9 Å². The number of nitrogens with one attached hydrogen (secondary N) is 2. The summed E-state index contributed by atoms with van der Waals surface area (Å²) in [7, 11) is 1.63. The zero-order valence-electron chi connectivity index (χ0n) is 10.4. The molecule has 1 unspecified atom stereocenters. The van der Waals surface area contributed by atoms with Gasteiger partial charge in [0.15, 0.2) is 0 Å². The quantitative estimate of drug-likeness (QED) is 0.893. The van der Waals surface area contributed by atoms with Crippen LogP contribution >= 0.6 is 24.2 Å². The highest BCUT2D eigenvalue weighted by atomic mass is 35.5. The second-order valence-corrected chi connectivity index (χ2v) is 4.97. The zero-order valence-corrected chi connectivity index (χ0v) is 12.0. The second kappa shape index (κ2) is 6.87. The van der Waals surface area contributed by atoms with Crippen molar-refractivity contribution in [2.75, 3.05) is 24.1 Å². The number of carbonyl (C=O) groups excluding carboxylic acids is 1. The molecule has 2 rings (SSSR count). The van der Waals surface area contributed by atoms with E-state index < -0.39 is 0 Å². The highest BCUT2D eigenvalue weighted by molar-refractivity contribution is 7.99. The van der Waals surface area contributed by atoms with E-state index in [2.05, 4.69) is 10.6 Å². The van der Waals surface area contributed by atoms with Gasteiger partial charge >= 0.3 is 0 Å². The summed E-state index contributed by atoms with van der Waals surface area (Å²) < 4.78 is 5.13. The molecule has 0 radical (unpaired) electrons. The van der Waals surface area contributed by atoms with Gasteiger partial charge in [0, 0.05) is 17.3 Å². The zero-order chi connectivity index (χ0) is 12.3. The summed E-state index contributed by atoms with van der Waals surface area (Å²) in [6.45, 7) is 1.95. The monoisotopic (exact) mass is 288 g/mol. The molecule has 1 aromatic rings. The van der Waals surface area contributed by atoms with Crippen LogP contribution < -0.4 is 15.4 Å². The third kappa shape index (κ3) is 3.54. The Morgan fingerprint density at radius 1 is 1.56 bits per heavy atom. The summed E-state index contributed by atoms with van der Waals surface area (Å²) >= 11 is 1.74. The first-order valence-corrected chi connectivity index (χ1v) is 6.63. The van der Waals surface area contributed by atoms with Crippen LogP contribution in [0.4, 0.5) is 5.69 Å². The molecule has 0 spiro atoms. The number of hydrogen-bond donors (Lipinski definition) is 2. The Balaban J connectivity index is 0.00000162. The average Bonchev–Trinajstić information content (AvgIpc) is 2.85. The average molecular weight is 289 g/mol. The summed E-state index contributed by atoms with van der Waals surface area (Å²) in [5.74, 6) is 2.51.